The van der Waals surface area contributed by atoms with Crippen LogP contribution in [-0.2, 0) is 35.3 Å². The Labute approximate surface area is 245 Å². The Hall–Kier alpha value is -4.95. The molecule has 8 nitrogen and oxygen atoms in total. The van der Waals surface area contributed by atoms with Crippen LogP contribution < -0.4 is 16.4 Å². The minimum absolute atomic E-state index is 0.165. The fourth-order valence-corrected chi connectivity index (χ4v) is 4.65. The lowest BCUT2D eigenvalue weighted by Gasteiger charge is -2.18. The molecule has 0 aliphatic carbocycles. The summed E-state index contributed by atoms with van der Waals surface area (Å²) in [7, 11) is 0. The van der Waals surface area contributed by atoms with Crippen molar-refractivity contribution in [1.82, 2.24) is 5.32 Å². The number of carbonyl (C=O) groups is 3. The molecule has 0 aliphatic heterocycles. The Morgan fingerprint density at radius 2 is 1.36 bits per heavy atom. The smallest absolute Gasteiger partial charge is 0.326 e. The molecular formula is C34H35N3O5. The summed E-state index contributed by atoms with van der Waals surface area (Å²) in [6, 6.07) is 28.9. The van der Waals surface area contributed by atoms with Gasteiger partial charge in [0.15, 0.2) is 0 Å². The molecule has 6 N–H and O–H groups in total. The molecule has 4 aromatic carbocycles. The molecule has 4 rings (SSSR count). The molecule has 0 aromatic heterocycles. The molecule has 42 heavy (non-hydrogen) atoms. The number of hydrogen-bond donors (Lipinski definition) is 5. The first-order chi connectivity index (χ1) is 20.3. The van der Waals surface area contributed by atoms with Crippen molar-refractivity contribution < 1.29 is 24.6 Å². The Morgan fingerprint density at radius 3 is 2.00 bits per heavy atom. The zero-order chi connectivity index (χ0) is 29.9. The van der Waals surface area contributed by atoms with Gasteiger partial charge in [0.05, 0.1) is 6.04 Å². The van der Waals surface area contributed by atoms with Crippen molar-refractivity contribution in [2.24, 2.45) is 5.73 Å². The van der Waals surface area contributed by atoms with Crippen LogP contribution in [-0.4, -0.2) is 40.1 Å². The molecule has 0 spiro atoms. The normalized spacial score (nSPS) is 12.2. The van der Waals surface area contributed by atoms with E-state index in [1.165, 1.54) is 0 Å². The Kier molecular flexibility index (Phi) is 10.4. The van der Waals surface area contributed by atoms with Crippen molar-refractivity contribution in [1.29, 1.82) is 0 Å². The van der Waals surface area contributed by atoms with E-state index in [0.29, 0.717) is 36.9 Å². The highest BCUT2D eigenvalue weighted by molar-refractivity contribution is 5.99. The summed E-state index contributed by atoms with van der Waals surface area (Å²) in [6.07, 6.45) is 2.18. The summed E-state index contributed by atoms with van der Waals surface area (Å²) < 4.78 is 0. The van der Waals surface area contributed by atoms with E-state index in [0.717, 1.165) is 16.7 Å². The van der Waals surface area contributed by atoms with E-state index in [9.17, 15) is 24.6 Å². The molecule has 4 aromatic rings. The Balaban J connectivity index is 1.50. The van der Waals surface area contributed by atoms with Crippen molar-refractivity contribution in [3.8, 4) is 5.75 Å². The van der Waals surface area contributed by atoms with Gasteiger partial charge in [-0.15, -0.1) is 0 Å². The fraction of sp³-hybridized carbons (Fsp3) is 0.206. The van der Waals surface area contributed by atoms with Gasteiger partial charge in [-0.05, 0) is 84.7 Å². The van der Waals surface area contributed by atoms with Crippen LogP contribution in [0, 0.1) is 0 Å². The zero-order valence-electron chi connectivity index (χ0n) is 23.2. The maximum absolute atomic E-state index is 13.2. The van der Waals surface area contributed by atoms with Gasteiger partial charge in [-0.2, -0.15) is 0 Å². The first kappa shape index (κ1) is 30.0. The molecular weight excluding hydrogens is 530 g/mol. The number of benzene rings is 4. The average Bonchev–Trinajstić information content (AvgIpc) is 3.00. The number of rotatable bonds is 13. The summed E-state index contributed by atoms with van der Waals surface area (Å²) in [5.41, 5.74) is 10.6. The van der Waals surface area contributed by atoms with E-state index >= 15 is 0 Å². The lowest BCUT2D eigenvalue weighted by molar-refractivity contribution is -0.139. The van der Waals surface area contributed by atoms with Crippen LogP contribution in [0.3, 0.4) is 0 Å². The summed E-state index contributed by atoms with van der Waals surface area (Å²) in [5.74, 6) is -1.81. The van der Waals surface area contributed by atoms with E-state index in [1.54, 1.807) is 30.3 Å². The number of carboxylic acids is 1. The van der Waals surface area contributed by atoms with Gasteiger partial charge in [-0.1, -0.05) is 72.8 Å². The van der Waals surface area contributed by atoms with Gasteiger partial charge in [0, 0.05) is 11.3 Å². The van der Waals surface area contributed by atoms with E-state index in [4.69, 9.17) is 5.73 Å². The van der Waals surface area contributed by atoms with Crippen molar-refractivity contribution in [3.05, 3.63) is 131 Å². The number of anilines is 1. The quantitative estimate of drug-likeness (QED) is 0.162. The number of carbonyl (C=O) groups excluding carboxylic acids is 2. The second-order valence-electron chi connectivity index (χ2n) is 10.2. The predicted octanol–water partition coefficient (Wildman–Crippen LogP) is 4.50. The van der Waals surface area contributed by atoms with Crippen LogP contribution in [0.1, 0.15) is 39.0 Å². The molecule has 2 amide bonds. The van der Waals surface area contributed by atoms with E-state index < -0.39 is 24.0 Å². The first-order valence-corrected chi connectivity index (χ1v) is 13.9. The zero-order valence-corrected chi connectivity index (χ0v) is 23.2. The van der Waals surface area contributed by atoms with Crippen molar-refractivity contribution >= 4 is 23.5 Å². The van der Waals surface area contributed by atoms with Crippen molar-refractivity contribution in [2.75, 3.05) is 5.32 Å². The highest BCUT2D eigenvalue weighted by Gasteiger charge is 2.22. The molecule has 0 heterocycles. The number of amides is 2. The standard InChI is InChI=1S/C34H35N3O5/c35-29(21-25-9-5-2-6-10-25)33(40)36-30-20-16-27(22-26(30)15-11-24-12-17-28(38)18-13-24)32(39)37-31(34(41)42)19-14-23-7-3-1-4-8-23/h1-10,12-13,16-18,20,22,29,31,38H,11,14-15,19,21,35H2,(H,36,40)(H,37,39)(H,41,42)/t29-,31-/m0/s1. The summed E-state index contributed by atoms with van der Waals surface area (Å²) in [5, 5.41) is 24.9. The minimum atomic E-state index is -1.11. The third kappa shape index (κ3) is 8.78. The number of nitrogens with one attached hydrogen (secondary N) is 2. The summed E-state index contributed by atoms with van der Waals surface area (Å²) >= 11 is 0. The summed E-state index contributed by atoms with van der Waals surface area (Å²) in [4.78, 5) is 38.1. The van der Waals surface area contributed by atoms with E-state index in [2.05, 4.69) is 10.6 Å². The molecule has 0 saturated carbocycles. The van der Waals surface area contributed by atoms with Gasteiger partial charge in [0.2, 0.25) is 5.91 Å². The summed E-state index contributed by atoms with van der Waals surface area (Å²) in [6.45, 7) is 0. The van der Waals surface area contributed by atoms with Crippen LogP contribution in [0.5, 0.6) is 5.75 Å². The number of nitrogens with two attached hydrogens (primary N) is 1. The van der Waals surface area contributed by atoms with Crippen molar-refractivity contribution in [2.45, 2.75) is 44.2 Å². The number of phenols is 1. The van der Waals surface area contributed by atoms with Crippen LogP contribution in [0.25, 0.3) is 0 Å². The SMILES string of the molecule is N[C@@H](Cc1ccccc1)C(=O)Nc1ccc(C(=O)N[C@@H](CCc2ccccc2)C(=O)O)cc1CCc1ccc(O)cc1. The number of aryl methyl sites for hydroxylation is 3. The second-order valence-corrected chi connectivity index (χ2v) is 10.2. The highest BCUT2D eigenvalue weighted by atomic mass is 16.4. The molecule has 0 unspecified atom stereocenters. The largest absolute Gasteiger partial charge is 0.508 e. The average molecular weight is 566 g/mol. The monoisotopic (exact) mass is 565 g/mol. The van der Waals surface area contributed by atoms with Gasteiger partial charge in [-0.25, -0.2) is 4.79 Å². The van der Waals surface area contributed by atoms with Gasteiger partial charge in [-0.3, -0.25) is 9.59 Å². The first-order valence-electron chi connectivity index (χ1n) is 13.9. The molecule has 0 radical (unpaired) electrons. The number of aromatic hydroxyl groups is 1. The van der Waals surface area contributed by atoms with Gasteiger partial charge in [0.25, 0.3) is 5.91 Å². The van der Waals surface area contributed by atoms with Crippen LogP contribution in [0.15, 0.2) is 103 Å². The third-order valence-corrected chi connectivity index (χ3v) is 7.05. The van der Waals surface area contributed by atoms with Crippen LogP contribution >= 0.6 is 0 Å². The molecule has 216 valence electrons. The lowest BCUT2D eigenvalue weighted by Crippen LogP contribution is -2.41. The molecule has 8 heteroatoms. The fourth-order valence-electron chi connectivity index (χ4n) is 4.65. The predicted molar refractivity (Wildman–Crippen MR) is 162 cm³/mol. The second kappa shape index (κ2) is 14.6. The van der Waals surface area contributed by atoms with Gasteiger partial charge >= 0.3 is 5.97 Å². The number of hydrogen-bond acceptors (Lipinski definition) is 5. The number of aliphatic carboxylic acids is 1. The molecule has 0 bridgehead atoms. The maximum atomic E-state index is 13.2. The van der Waals surface area contributed by atoms with Gasteiger partial charge < -0.3 is 26.6 Å². The molecule has 0 fully saturated rings. The number of carboxylic acid groups (broad SMARTS) is 1. The molecule has 2 atom stereocenters. The van der Waals surface area contributed by atoms with E-state index in [-0.39, 0.29) is 23.6 Å². The topological polar surface area (TPSA) is 142 Å². The number of phenolic OH excluding ortho intramolecular Hbond substituents is 1. The lowest BCUT2D eigenvalue weighted by atomic mass is 9.99. The maximum Gasteiger partial charge on any atom is 0.326 e. The Bertz CT molecular complexity index is 1490. The molecule has 0 saturated heterocycles. The van der Waals surface area contributed by atoms with Crippen LogP contribution in [0.2, 0.25) is 0 Å². The minimum Gasteiger partial charge on any atom is -0.508 e. The Morgan fingerprint density at radius 1 is 0.738 bits per heavy atom. The third-order valence-electron chi connectivity index (χ3n) is 7.05. The van der Waals surface area contributed by atoms with Crippen LogP contribution in [0.4, 0.5) is 5.69 Å². The highest BCUT2D eigenvalue weighted by Crippen LogP contribution is 2.22. The van der Waals surface area contributed by atoms with Crippen molar-refractivity contribution in [3.63, 3.8) is 0 Å². The molecule has 0 aliphatic rings. The van der Waals surface area contributed by atoms with E-state index in [1.807, 2.05) is 72.8 Å². The van der Waals surface area contributed by atoms with Gasteiger partial charge in [0.1, 0.15) is 11.8 Å².